The van der Waals surface area contributed by atoms with Crippen molar-refractivity contribution in [3.8, 4) is 0 Å². The number of benzene rings is 1. The van der Waals surface area contributed by atoms with E-state index >= 15 is 0 Å². The fourth-order valence-electron chi connectivity index (χ4n) is 3.13. The molecule has 0 saturated carbocycles. The van der Waals surface area contributed by atoms with E-state index in [1.54, 1.807) is 4.90 Å². The molecule has 25 heavy (non-hydrogen) atoms. The molecular weight excluding hydrogens is 332 g/mol. The number of ether oxygens (including phenoxy) is 1. The highest BCUT2D eigenvalue weighted by Gasteiger charge is 2.30. The Labute approximate surface area is 144 Å². The first kappa shape index (κ1) is 17.8. The van der Waals surface area contributed by atoms with Crippen LogP contribution in [-0.4, -0.2) is 67.0 Å². The number of hydrogen-bond acceptors (Lipinski definition) is 4. The number of nitrogens with one attached hydrogen (secondary N) is 1. The van der Waals surface area contributed by atoms with Gasteiger partial charge in [0.2, 0.25) is 5.91 Å². The van der Waals surface area contributed by atoms with E-state index in [0.29, 0.717) is 32.8 Å². The van der Waals surface area contributed by atoms with Crippen molar-refractivity contribution in [3.63, 3.8) is 0 Å². The van der Waals surface area contributed by atoms with Crippen molar-refractivity contribution in [2.45, 2.75) is 18.9 Å². The Balaban J connectivity index is 1.45. The van der Waals surface area contributed by atoms with E-state index in [9.17, 15) is 18.4 Å². The van der Waals surface area contributed by atoms with Crippen molar-refractivity contribution in [1.82, 2.24) is 9.80 Å². The second-order valence-electron chi connectivity index (χ2n) is 6.31. The second-order valence-corrected chi connectivity index (χ2v) is 6.31. The smallest absolute Gasteiger partial charge is 0.251 e. The van der Waals surface area contributed by atoms with Crippen molar-refractivity contribution in [2.75, 3.05) is 44.6 Å². The number of amides is 2. The van der Waals surface area contributed by atoms with Crippen molar-refractivity contribution >= 4 is 17.5 Å². The van der Waals surface area contributed by atoms with E-state index in [1.807, 2.05) is 4.90 Å². The van der Waals surface area contributed by atoms with Crippen LogP contribution in [0.4, 0.5) is 14.5 Å². The van der Waals surface area contributed by atoms with Gasteiger partial charge in [0.1, 0.15) is 17.7 Å². The monoisotopic (exact) mass is 353 g/mol. The van der Waals surface area contributed by atoms with Crippen molar-refractivity contribution < 1.29 is 23.1 Å². The third-order valence-electron chi connectivity index (χ3n) is 4.40. The molecule has 8 heteroatoms. The molecule has 0 radical (unpaired) electrons. The van der Waals surface area contributed by atoms with Crippen LogP contribution < -0.4 is 5.32 Å². The summed E-state index contributed by atoms with van der Waals surface area (Å²) in [7, 11) is 0. The van der Waals surface area contributed by atoms with E-state index in [-0.39, 0.29) is 30.2 Å². The Bertz CT molecular complexity index is 622. The molecule has 2 fully saturated rings. The Morgan fingerprint density at radius 1 is 1.12 bits per heavy atom. The molecule has 6 nitrogen and oxygen atoms in total. The molecule has 1 unspecified atom stereocenters. The van der Waals surface area contributed by atoms with Crippen molar-refractivity contribution in [2.24, 2.45) is 0 Å². The molecule has 0 aromatic heterocycles. The zero-order chi connectivity index (χ0) is 17.8. The van der Waals surface area contributed by atoms with Crippen LogP contribution in [0.25, 0.3) is 0 Å². The Morgan fingerprint density at radius 2 is 1.80 bits per heavy atom. The van der Waals surface area contributed by atoms with Crippen LogP contribution in [0.5, 0.6) is 0 Å². The molecule has 1 aromatic carbocycles. The van der Waals surface area contributed by atoms with E-state index in [4.69, 9.17) is 4.74 Å². The number of halogens is 2. The molecule has 3 rings (SSSR count). The third kappa shape index (κ3) is 4.73. The van der Waals surface area contributed by atoms with Crippen LogP contribution in [0.2, 0.25) is 0 Å². The molecule has 1 aromatic rings. The summed E-state index contributed by atoms with van der Waals surface area (Å²) in [6.07, 6.45) is 1.36. The average molecular weight is 353 g/mol. The molecule has 2 heterocycles. The highest BCUT2D eigenvalue weighted by atomic mass is 19.1. The molecule has 0 aliphatic carbocycles. The number of rotatable bonds is 4. The van der Waals surface area contributed by atoms with Gasteiger partial charge in [-0.15, -0.1) is 0 Å². The molecule has 1 N–H and O–H groups in total. The summed E-state index contributed by atoms with van der Waals surface area (Å²) in [6, 6.07) is 2.89. The molecule has 2 saturated heterocycles. The molecule has 136 valence electrons. The van der Waals surface area contributed by atoms with Gasteiger partial charge in [0.25, 0.3) is 5.91 Å². The van der Waals surface area contributed by atoms with Gasteiger partial charge in [0, 0.05) is 44.5 Å². The summed E-state index contributed by atoms with van der Waals surface area (Å²) in [5.74, 6) is -1.80. The minimum Gasteiger partial charge on any atom is -0.368 e. The number of hydrogen-bond donors (Lipinski definition) is 1. The fraction of sp³-hybridized carbons (Fsp3) is 0.529. The molecule has 2 amide bonds. The quantitative estimate of drug-likeness (QED) is 0.884. The van der Waals surface area contributed by atoms with Gasteiger partial charge in [-0.2, -0.15) is 0 Å². The molecule has 0 spiro atoms. The summed E-state index contributed by atoms with van der Waals surface area (Å²) in [4.78, 5) is 28.0. The zero-order valence-corrected chi connectivity index (χ0v) is 13.8. The van der Waals surface area contributed by atoms with Gasteiger partial charge < -0.3 is 15.0 Å². The van der Waals surface area contributed by atoms with Gasteiger partial charge in [0.05, 0.1) is 6.54 Å². The van der Waals surface area contributed by atoms with E-state index < -0.39 is 11.6 Å². The summed E-state index contributed by atoms with van der Waals surface area (Å²) in [5.41, 5.74) is 0.0923. The highest BCUT2D eigenvalue weighted by Crippen LogP contribution is 2.16. The lowest BCUT2D eigenvalue weighted by Gasteiger charge is -2.35. The molecule has 0 bridgehead atoms. The average Bonchev–Trinajstić information content (AvgIpc) is 3.08. The van der Waals surface area contributed by atoms with Gasteiger partial charge in [-0.05, 0) is 25.0 Å². The van der Waals surface area contributed by atoms with Crippen LogP contribution >= 0.6 is 0 Å². The zero-order valence-electron chi connectivity index (χ0n) is 13.8. The maximum Gasteiger partial charge on any atom is 0.251 e. The van der Waals surface area contributed by atoms with Gasteiger partial charge in [-0.1, -0.05) is 0 Å². The fourth-order valence-corrected chi connectivity index (χ4v) is 3.13. The number of carbonyl (C=O) groups excluding carboxylic acids is 2. The van der Waals surface area contributed by atoms with Crippen LogP contribution in [0.1, 0.15) is 12.8 Å². The third-order valence-corrected chi connectivity index (χ3v) is 4.40. The number of nitrogens with zero attached hydrogens (tertiary/aromatic N) is 2. The minimum atomic E-state index is -0.739. The van der Waals surface area contributed by atoms with Gasteiger partial charge in [0.15, 0.2) is 0 Å². The molecule has 1 atom stereocenters. The second kappa shape index (κ2) is 7.88. The number of piperazine rings is 1. The van der Waals surface area contributed by atoms with Gasteiger partial charge in [-0.3, -0.25) is 14.5 Å². The first-order valence-electron chi connectivity index (χ1n) is 8.40. The van der Waals surface area contributed by atoms with E-state index in [2.05, 4.69) is 5.32 Å². The SMILES string of the molecule is O=C(CN1CCN(C(=O)C2CCCO2)CC1)Nc1cc(F)cc(F)c1. The maximum absolute atomic E-state index is 13.1. The number of carbonyl (C=O) groups is 2. The summed E-state index contributed by atoms with van der Waals surface area (Å²) in [6.45, 7) is 2.98. The maximum atomic E-state index is 13.1. The van der Waals surface area contributed by atoms with Crippen LogP contribution in [0.3, 0.4) is 0 Å². The van der Waals surface area contributed by atoms with Crippen LogP contribution in [-0.2, 0) is 14.3 Å². The lowest BCUT2D eigenvalue weighted by atomic mass is 10.2. The topological polar surface area (TPSA) is 61.9 Å². The van der Waals surface area contributed by atoms with E-state index in [0.717, 1.165) is 31.0 Å². The Hall–Kier alpha value is -2.06. The van der Waals surface area contributed by atoms with Crippen molar-refractivity contribution in [3.05, 3.63) is 29.8 Å². The normalized spacial score (nSPS) is 21.4. The summed E-state index contributed by atoms with van der Waals surface area (Å²) >= 11 is 0. The number of anilines is 1. The van der Waals surface area contributed by atoms with Crippen LogP contribution in [0, 0.1) is 11.6 Å². The largest absolute Gasteiger partial charge is 0.368 e. The minimum absolute atomic E-state index is 0.0248. The first-order valence-corrected chi connectivity index (χ1v) is 8.40. The van der Waals surface area contributed by atoms with Gasteiger partial charge >= 0.3 is 0 Å². The highest BCUT2D eigenvalue weighted by molar-refractivity contribution is 5.92. The molecule has 2 aliphatic heterocycles. The van der Waals surface area contributed by atoms with Crippen molar-refractivity contribution in [1.29, 1.82) is 0 Å². The predicted octanol–water partition coefficient (Wildman–Crippen LogP) is 1.23. The standard InChI is InChI=1S/C17H21F2N3O3/c18-12-8-13(19)10-14(9-12)20-16(23)11-21-3-5-22(6-4-21)17(24)15-2-1-7-25-15/h8-10,15H,1-7,11H2,(H,20,23). The lowest BCUT2D eigenvalue weighted by molar-refractivity contribution is -0.142. The first-order chi connectivity index (χ1) is 12.0. The lowest BCUT2D eigenvalue weighted by Crippen LogP contribution is -2.52. The molecular formula is C17H21F2N3O3. The molecule has 2 aliphatic rings. The predicted molar refractivity (Wildman–Crippen MR) is 87.0 cm³/mol. The summed E-state index contributed by atoms with van der Waals surface area (Å²) in [5, 5.41) is 2.49. The van der Waals surface area contributed by atoms with Crippen LogP contribution in [0.15, 0.2) is 18.2 Å². The van der Waals surface area contributed by atoms with E-state index in [1.165, 1.54) is 0 Å². The Kier molecular flexibility index (Phi) is 5.60. The van der Waals surface area contributed by atoms with Gasteiger partial charge in [-0.25, -0.2) is 8.78 Å². The summed E-state index contributed by atoms with van der Waals surface area (Å²) < 4.78 is 31.7. The Morgan fingerprint density at radius 3 is 2.40 bits per heavy atom.